The highest BCUT2D eigenvalue weighted by Gasteiger charge is 2.30. The van der Waals surface area contributed by atoms with Crippen molar-refractivity contribution in [1.82, 2.24) is 4.98 Å². The minimum Gasteiger partial charge on any atom is -0.296 e. The van der Waals surface area contributed by atoms with Gasteiger partial charge in [0.05, 0.1) is 5.56 Å². The smallest absolute Gasteiger partial charge is 0.296 e. The summed E-state index contributed by atoms with van der Waals surface area (Å²) in [6, 6.07) is 6.63. The van der Waals surface area contributed by atoms with Crippen molar-refractivity contribution < 1.29 is 22.4 Å². The van der Waals surface area contributed by atoms with E-state index in [1.807, 2.05) is 0 Å². The zero-order chi connectivity index (χ0) is 14.0. The van der Waals surface area contributed by atoms with Crippen LogP contribution in [-0.2, 0) is 6.18 Å². The molecule has 0 atom stereocenters. The van der Waals surface area contributed by atoms with Gasteiger partial charge in [0.1, 0.15) is 5.69 Å². The first-order valence-electron chi connectivity index (χ1n) is 5.21. The number of pyridine rings is 1. The lowest BCUT2D eigenvalue weighted by molar-refractivity contribution is -0.137. The first kappa shape index (κ1) is 13.2. The van der Waals surface area contributed by atoms with E-state index in [1.54, 1.807) is 0 Å². The topological polar surface area (TPSA) is 30.0 Å². The Balaban J connectivity index is 2.40. The first-order valence-corrected chi connectivity index (χ1v) is 5.21. The van der Waals surface area contributed by atoms with Gasteiger partial charge in [-0.1, -0.05) is 12.1 Å². The van der Waals surface area contributed by atoms with Crippen molar-refractivity contribution in [3.63, 3.8) is 0 Å². The van der Waals surface area contributed by atoms with Crippen LogP contribution in [0.1, 0.15) is 16.1 Å². The molecule has 98 valence electrons. The number of alkyl halides is 3. The summed E-state index contributed by atoms with van der Waals surface area (Å²) >= 11 is 0. The minimum atomic E-state index is -4.43. The maximum absolute atomic E-state index is 13.6. The summed E-state index contributed by atoms with van der Waals surface area (Å²) in [4.78, 5) is 13.8. The predicted molar refractivity (Wildman–Crippen MR) is 60.0 cm³/mol. The molecule has 0 saturated carbocycles. The van der Waals surface area contributed by atoms with Crippen LogP contribution in [0.3, 0.4) is 0 Å². The minimum absolute atomic E-state index is 0.0410. The molecule has 2 rings (SSSR count). The molecule has 19 heavy (non-hydrogen) atoms. The highest BCUT2D eigenvalue weighted by molar-refractivity contribution is 5.73. The molecule has 2 nitrogen and oxygen atoms in total. The molecule has 0 amide bonds. The van der Waals surface area contributed by atoms with Gasteiger partial charge in [0.2, 0.25) is 5.95 Å². The molecule has 0 saturated heterocycles. The average molecular weight is 269 g/mol. The van der Waals surface area contributed by atoms with Crippen molar-refractivity contribution in [3.8, 4) is 11.1 Å². The second-order valence-electron chi connectivity index (χ2n) is 3.77. The van der Waals surface area contributed by atoms with E-state index in [4.69, 9.17) is 0 Å². The zero-order valence-electron chi connectivity index (χ0n) is 9.41. The van der Waals surface area contributed by atoms with Crippen LogP contribution in [0.2, 0.25) is 0 Å². The molecule has 1 heterocycles. The number of aldehydes is 1. The number of aromatic nitrogens is 1. The van der Waals surface area contributed by atoms with Gasteiger partial charge < -0.3 is 0 Å². The Labute approximate surface area is 105 Å². The van der Waals surface area contributed by atoms with Crippen LogP contribution >= 0.6 is 0 Å². The van der Waals surface area contributed by atoms with Crippen LogP contribution in [-0.4, -0.2) is 11.3 Å². The number of hydrogen-bond acceptors (Lipinski definition) is 2. The Morgan fingerprint density at radius 3 is 2.11 bits per heavy atom. The second-order valence-corrected chi connectivity index (χ2v) is 3.77. The lowest BCUT2D eigenvalue weighted by atomic mass is 10.0. The Morgan fingerprint density at radius 2 is 1.63 bits per heavy atom. The van der Waals surface area contributed by atoms with Gasteiger partial charge in [0.25, 0.3) is 0 Å². The van der Waals surface area contributed by atoms with E-state index in [1.165, 1.54) is 12.1 Å². The van der Waals surface area contributed by atoms with Gasteiger partial charge >= 0.3 is 6.18 Å². The number of carbonyl (C=O) groups excluding carboxylic acids is 1. The van der Waals surface area contributed by atoms with Crippen LogP contribution in [0.25, 0.3) is 11.1 Å². The van der Waals surface area contributed by atoms with Gasteiger partial charge in [-0.25, -0.2) is 4.98 Å². The maximum atomic E-state index is 13.6. The fraction of sp³-hybridized carbons (Fsp3) is 0.0769. The second kappa shape index (κ2) is 4.79. The standard InChI is InChI=1S/C13H7F4NO/c14-12-11(6-5-10(7-19)18-12)8-1-3-9(4-2-8)13(15,16)17/h1-7H. The summed E-state index contributed by atoms with van der Waals surface area (Å²) in [5.41, 5.74) is -0.586. The fourth-order valence-corrected chi connectivity index (χ4v) is 1.57. The monoisotopic (exact) mass is 269 g/mol. The van der Waals surface area contributed by atoms with Crippen molar-refractivity contribution in [2.75, 3.05) is 0 Å². The molecular weight excluding hydrogens is 262 g/mol. The van der Waals surface area contributed by atoms with Crippen molar-refractivity contribution in [1.29, 1.82) is 0 Å². The molecule has 0 bridgehead atoms. The number of carbonyl (C=O) groups is 1. The van der Waals surface area contributed by atoms with Gasteiger partial charge in [-0.05, 0) is 29.8 Å². The maximum Gasteiger partial charge on any atom is 0.416 e. The number of hydrogen-bond donors (Lipinski definition) is 0. The lowest BCUT2D eigenvalue weighted by Gasteiger charge is -2.08. The molecule has 2 aromatic rings. The summed E-state index contributed by atoms with van der Waals surface area (Å²) in [6.45, 7) is 0. The molecule has 0 radical (unpaired) electrons. The molecule has 0 spiro atoms. The van der Waals surface area contributed by atoms with E-state index in [2.05, 4.69) is 4.98 Å². The highest BCUT2D eigenvalue weighted by atomic mass is 19.4. The Kier molecular flexibility index (Phi) is 3.33. The Morgan fingerprint density at radius 1 is 1.00 bits per heavy atom. The van der Waals surface area contributed by atoms with Gasteiger partial charge in [0.15, 0.2) is 6.29 Å². The van der Waals surface area contributed by atoms with Crippen molar-refractivity contribution in [2.24, 2.45) is 0 Å². The van der Waals surface area contributed by atoms with Gasteiger partial charge in [-0.3, -0.25) is 4.79 Å². The third-order valence-electron chi connectivity index (χ3n) is 2.51. The van der Waals surface area contributed by atoms with E-state index < -0.39 is 17.7 Å². The highest BCUT2D eigenvalue weighted by Crippen LogP contribution is 2.31. The van der Waals surface area contributed by atoms with Gasteiger partial charge in [-0.2, -0.15) is 17.6 Å². The summed E-state index contributed by atoms with van der Waals surface area (Å²) in [5, 5.41) is 0. The SMILES string of the molecule is O=Cc1ccc(-c2ccc(C(F)(F)F)cc2)c(F)n1. The zero-order valence-corrected chi connectivity index (χ0v) is 9.41. The molecule has 0 aliphatic rings. The molecule has 0 aliphatic heterocycles. The summed E-state index contributed by atoms with van der Waals surface area (Å²) < 4.78 is 50.7. The summed E-state index contributed by atoms with van der Waals surface area (Å²) in [7, 11) is 0. The largest absolute Gasteiger partial charge is 0.416 e. The van der Waals surface area contributed by atoms with Crippen molar-refractivity contribution >= 4 is 6.29 Å². The third-order valence-corrected chi connectivity index (χ3v) is 2.51. The van der Waals surface area contributed by atoms with Gasteiger partial charge in [-0.15, -0.1) is 0 Å². The molecule has 0 fully saturated rings. The van der Waals surface area contributed by atoms with E-state index in [-0.39, 0.29) is 16.8 Å². The predicted octanol–water partition coefficient (Wildman–Crippen LogP) is 3.72. The van der Waals surface area contributed by atoms with Crippen LogP contribution in [0.15, 0.2) is 36.4 Å². The van der Waals surface area contributed by atoms with Crippen LogP contribution in [0.5, 0.6) is 0 Å². The van der Waals surface area contributed by atoms with E-state index in [9.17, 15) is 22.4 Å². The molecule has 1 aromatic carbocycles. The number of halogens is 4. The lowest BCUT2D eigenvalue weighted by Crippen LogP contribution is -2.04. The van der Waals surface area contributed by atoms with Crippen molar-refractivity contribution in [3.05, 3.63) is 53.6 Å². The van der Waals surface area contributed by atoms with E-state index in [0.717, 1.165) is 24.3 Å². The third kappa shape index (κ3) is 2.78. The van der Waals surface area contributed by atoms with E-state index >= 15 is 0 Å². The van der Waals surface area contributed by atoms with E-state index in [0.29, 0.717) is 6.29 Å². The quantitative estimate of drug-likeness (QED) is 0.472. The van der Waals surface area contributed by atoms with Gasteiger partial charge in [0, 0.05) is 5.56 Å². The molecule has 1 aromatic heterocycles. The van der Waals surface area contributed by atoms with Crippen LogP contribution in [0.4, 0.5) is 17.6 Å². The fourth-order valence-electron chi connectivity index (χ4n) is 1.57. The first-order chi connectivity index (χ1) is 8.91. The average Bonchev–Trinajstić information content (AvgIpc) is 2.37. The normalized spacial score (nSPS) is 11.4. The Bertz CT molecular complexity index is 605. The molecule has 0 N–H and O–H groups in total. The van der Waals surface area contributed by atoms with Crippen LogP contribution in [0, 0.1) is 5.95 Å². The molecular formula is C13H7F4NO. The van der Waals surface area contributed by atoms with Crippen molar-refractivity contribution in [2.45, 2.75) is 6.18 Å². The number of benzene rings is 1. The summed E-state index contributed by atoms with van der Waals surface area (Å²) in [5.74, 6) is -0.899. The number of nitrogens with zero attached hydrogens (tertiary/aromatic N) is 1. The molecule has 6 heteroatoms. The van der Waals surface area contributed by atoms with Crippen LogP contribution < -0.4 is 0 Å². The molecule has 0 unspecified atom stereocenters. The molecule has 0 aliphatic carbocycles. The summed E-state index contributed by atoms with van der Waals surface area (Å²) in [6.07, 6.45) is -4.05. The number of rotatable bonds is 2. The Hall–Kier alpha value is -2.24.